The van der Waals surface area contributed by atoms with Gasteiger partial charge in [-0.25, -0.2) is 0 Å². The first kappa shape index (κ1) is 45.4. The van der Waals surface area contributed by atoms with Crippen LogP contribution in [-0.4, -0.2) is 132 Å². The van der Waals surface area contributed by atoms with Gasteiger partial charge >= 0.3 is 0 Å². The molecular formula is C49H55N5O10. The van der Waals surface area contributed by atoms with Crippen molar-refractivity contribution in [1.82, 2.24) is 20.4 Å². The van der Waals surface area contributed by atoms with E-state index in [0.29, 0.717) is 43.0 Å². The molecule has 336 valence electrons. The molecule has 4 aliphatic heterocycles. The minimum Gasteiger partial charge on any atom is -0.508 e. The van der Waals surface area contributed by atoms with E-state index >= 15 is 0 Å². The summed E-state index contributed by atoms with van der Waals surface area (Å²) in [6.45, 7) is 5.05. The lowest BCUT2D eigenvalue weighted by Gasteiger charge is -2.27. The van der Waals surface area contributed by atoms with Crippen LogP contribution in [-0.2, 0) is 41.5 Å². The quantitative estimate of drug-likeness (QED) is 0.162. The highest BCUT2D eigenvalue weighted by Crippen LogP contribution is 2.30. The van der Waals surface area contributed by atoms with E-state index < -0.39 is 24.2 Å². The zero-order valence-corrected chi connectivity index (χ0v) is 36.4. The van der Waals surface area contributed by atoms with Gasteiger partial charge in [-0.1, -0.05) is 50.2 Å². The number of likely N-dealkylation sites (tertiary alicyclic amines) is 2. The number of anilines is 1. The summed E-state index contributed by atoms with van der Waals surface area (Å²) in [5, 5.41) is 24.9. The zero-order valence-electron chi connectivity index (χ0n) is 36.4. The van der Waals surface area contributed by atoms with Crippen molar-refractivity contribution in [1.29, 1.82) is 0 Å². The first-order valence-corrected chi connectivity index (χ1v) is 21.6. The normalized spacial score (nSPS) is 20.8. The van der Waals surface area contributed by atoms with E-state index in [0.717, 1.165) is 22.4 Å². The monoisotopic (exact) mass is 873 g/mol. The van der Waals surface area contributed by atoms with E-state index in [2.05, 4.69) is 24.5 Å². The lowest BCUT2D eigenvalue weighted by Crippen LogP contribution is -2.53. The average molecular weight is 874 g/mol. The number of amides is 4. The Kier molecular flexibility index (Phi) is 14.1. The minimum absolute atomic E-state index is 0.0202. The Labute approximate surface area is 372 Å². The Morgan fingerprint density at radius 1 is 0.625 bits per heavy atom. The summed E-state index contributed by atoms with van der Waals surface area (Å²) in [7, 11) is 3.83. The molecule has 4 saturated heterocycles. The van der Waals surface area contributed by atoms with Crippen LogP contribution in [0.25, 0.3) is 0 Å². The number of nitrogens with zero attached hydrogens (tertiary/aromatic N) is 3. The molecule has 4 N–H and O–H groups in total. The Bertz CT molecular complexity index is 2170. The second kappa shape index (κ2) is 19.9. The fourth-order valence-corrected chi connectivity index (χ4v) is 8.63. The van der Waals surface area contributed by atoms with E-state index in [1.807, 2.05) is 43.3 Å². The number of carbonyl (C=O) groups excluding carboxylic acids is 6. The van der Waals surface area contributed by atoms with Gasteiger partial charge in [0.15, 0.2) is 11.6 Å². The fourth-order valence-electron chi connectivity index (χ4n) is 8.63. The largest absolute Gasteiger partial charge is 0.508 e. The van der Waals surface area contributed by atoms with Crippen LogP contribution in [0.1, 0.15) is 70.0 Å². The molecule has 4 aromatic rings. The van der Waals surface area contributed by atoms with E-state index in [-0.39, 0.29) is 85.0 Å². The highest BCUT2D eigenvalue weighted by atomic mass is 16.5. The van der Waals surface area contributed by atoms with Crippen molar-refractivity contribution in [3.8, 4) is 11.5 Å². The van der Waals surface area contributed by atoms with Crippen LogP contribution in [0, 0.1) is 0 Å². The minimum atomic E-state index is -0.854. The molecule has 15 heteroatoms. The molecule has 15 nitrogen and oxygen atoms in total. The molecule has 8 rings (SSSR count). The molecule has 0 radical (unpaired) electrons. The van der Waals surface area contributed by atoms with Crippen LogP contribution in [0.3, 0.4) is 0 Å². The van der Waals surface area contributed by atoms with Gasteiger partial charge in [-0.05, 0) is 96.1 Å². The molecule has 4 fully saturated rings. The van der Waals surface area contributed by atoms with Crippen LogP contribution in [0.4, 0.5) is 5.69 Å². The smallest absolute Gasteiger partial charge is 0.251 e. The number of fused-ring (bicyclic) bond motifs is 2. The lowest BCUT2D eigenvalue weighted by molar-refractivity contribution is -0.138. The summed E-state index contributed by atoms with van der Waals surface area (Å²) in [6, 6.07) is 24.6. The van der Waals surface area contributed by atoms with E-state index in [1.54, 1.807) is 82.6 Å². The molecular weight excluding hydrogens is 819 g/mol. The van der Waals surface area contributed by atoms with Crippen LogP contribution < -0.4 is 15.5 Å². The molecule has 4 amide bonds. The maximum Gasteiger partial charge on any atom is 0.251 e. The number of nitrogens with one attached hydrogen (secondary N) is 2. The second-order valence-corrected chi connectivity index (χ2v) is 17.2. The highest BCUT2D eigenvalue weighted by molar-refractivity contribution is 6.00. The Hall–Kier alpha value is -6.58. The summed E-state index contributed by atoms with van der Waals surface area (Å²) in [5.74, 6) is -0.904. The number of ether oxygens (including phenoxy) is 2. The van der Waals surface area contributed by atoms with Crippen LogP contribution >= 0.6 is 0 Å². The molecule has 0 spiro atoms. The van der Waals surface area contributed by atoms with Gasteiger partial charge in [0.05, 0.1) is 12.2 Å². The molecule has 4 heterocycles. The number of phenolic OH excluding ortho intramolecular Hbond substituents is 2. The van der Waals surface area contributed by atoms with Gasteiger partial charge < -0.3 is 45.0 Å². The highest BCUT2D eigenvalue weighted by Gasteiger charge is 2.49. The first-order chi connectivity index (χ1) is 30.7. The van der Waals surface area contributed by atoms with Crippen LogP contribution in [0.5, 0.6) is 11.5 Å². The Morgan fingerprint density at radius 2 is 1.02 bits per heavy atom. The van der Waals surface area contributed by atoms with E-state index in [9.17, 15) is 39.0 Å². The van der Waals surface area contributed by atoms with Crippen LogP contribution in [0.15, 0.2) is 97.1 Å². The summed E-state index contributed by atoms with van der Waals surface area (Å²) in [5.41, 5.74) is 4.58. The molecule has 0 aromatic heterocycles. The molecule has 6 atom stereocenters. The molecule has 64 heavy (non-hydrogen) atoms. The molecule has 4 aromatic carbocycles. The van der Waals surface area contributed by atoms with Crippen molar-refractivity contribution in [2.45, 2.75) is 81.8 Å². The van der Waals surface area contributed by atoms with E-state index in [1.165, 1.54) is 0 Å². The van der Waals surface area contributed by atoms with Crippen molar-refractivity contribution < 1.29 is 48.5 Å². The number of carbonyl (C=O) groups is 6. The Morgan fingerprint density at radius 3 is 1.39 bits per heavy atom. The van der Waals surface area contributed by atoms with Crippen molar-refractivity contribution in [3.05, 3.63) is 125 Å². The van der Waals surface area contributed by atoms with E-state index in [4.69, 9.17) is 9.47 Å². The van der Waals surface area contributed by atoms with Gasteiger partial charge in [0.2, 0.25) is 11.8 Å². The van der Waals surface area contributed by atoms with Crippen molar-refractivity contribution in [2.75, 3.05) is 45.3 Å². The number of aromatic hydroxyl groups is 2. The number of rotatable bonds is 12. The molecule has 0 aliphatic carbocycles. The molecule has 4 aliphatic rings. The number of Topliss-reactive ketones (excluding diaryl/α,β-unsaturated/α-hetero) is 2. The van der Waals surface area contributed by atoms with Crippen molar-refractivity contribution in [2.24, 2.45) is 0 Å². The summed E-state index contributed by atoms with van der Waals surface area (Å²) in [6.07, 6.45) is 1.17. The topological polar surface area (TPSA) is 195 Å². The average Bonchev–Trinajstić information content (AvgIpc) is 4.09. The summed E-state index contributed by atoms with van der Waals surface area (Å²) in [4.78, 5) is 82.5. The summed E-state index contributed by atoms with van der Waals surface area (Å²) >= 11 is 0. The van der Waals surface area contributed by atoms with Gasteiger partial charge in [0.25, 0.3) is 11.8 Å². The molecule has 0 saturated carbocycles. The molecule has 6 unspecified atom stereocenters. The number of hydrogen-bond donors (Lipinski definition) is 4. The van der Waals surface area contributed by atoms with Crippen molar-refractivity contribution >= 4 is 40.9 Å². The lowest BCUT2D eigenvalue weighted by atomic mass is 10.0. The zero-order chi connectivity index (χ0) is 45.7. The fraction of sp³-hybridized carbons (Fsp3) is 0.388. The van der Waals surface area contributed by atoms with Gasteiger partial charge in [0.1, 0.15) is 48.9 Å². The number of hydrogen-bond acceptors (Lipinski definition) is 11. The number of phenols is 2. The third kappa shape index (κ3) is 10.4. The standard InChI is InChI=1S/C25H28N2O5.C24H27N3O5/c1-15(2)17-5-7-18(8-6-17)24(30)26-20(13-16-3-9-19(28)10-4-16)25(31)27-12-11-22-23(27)21(29)14-32-22;1-26(2)17-7-5-16(6-8-17)23(30)25-19(13-15-3-9-18(28)10-4-15)24(31)27-12-11-21-22(27)20(29)14-32-21/h3-10,15,20,22-23,28H,11-14H2,1-2H3,(H,26,30);3-10,19,21-22,28H,11-14H2,1-2H3,(H,25,30). The third-order valence-electron chi connectivity index (χ3n) is 12.2. The second-order valence-electron chi connectivity index (χ2n) is 17.2. The molecule has 0 bridgehead atoms. The third-order valence-corrected chi connectivity index (χ3v) is 12.2. The maximum absolute atomic E-state index is 13.5. The van der Waals surface area contributed by atoms with Crippen molar-refractivity contribution in [3.63, 3.8) is 0 Å². The predicted molar refractivity (Wildman–Crippen MR) is 237 cm³/mol. The summed E-state index contributed by atoms with van der Waals surface area (Å²) < 4.78 is 11.0. The van der Waals surface area contributed by atoms with Gasteiger partial charge in [0, 0.05) is 56.8 Å². The van der Waals surface area contributed by atoms with Crippen LogP contribution in [0.2, 0.25) is 0 Å². The Balaban J connectivity index is 0.000000191. The number of benzene rings is 4. The van der Waals surface area contributed by atoms with Gasteiger partial charge in [-0.3, -0.25) is 28.8 Å². The SMILES string of the molecule is CC(C)c1ccc(C(=O)NC(Cc2ccc(O)cc2)C(=O)N2CCC3OCC(=O)C32)cc1.CN(C)c1ccc(C(=O)NC(Cc2ccc(O)cc2)C(=O)N2CCC3OCC(=O)C32)cc1. The maximum atomic E-state index is 13.5. The predicted octanol–water partition coefficient (Wildman–Crippen LogP) is 3.79. The number of ketones is 2. The first-order valence-electron chi connectivity index (χ1n) is 21.6. The van der Waals surface area contributed by atoms with Gasteiger partial charge in [-0.2, -0.15) is 0 Å². The van der Waals surface area contributed by atoms with Gasteiger partial charge in [-0.15, -0.1) is 0 Å².